The molecule has 2 heterocycles. The van der Waals surface area contributed by atoms with Gasteiger partial charge >= 0.3 is 0 Å². The predicted molar refractivity (Wildman–Crippen MR) is 60.8 cm³/mol. The van der Waals surface area contributed by atoms with Crippen molar-refractivity contribution in [3.63, 3.8) is 0 Å². The highest BCUT2D eigenvalue weighted by Gasteiger charge is 2.24. The minimum atomic E-state index is 0.267. The van der Waals surface area contributed by atoms with E-state index in [0.29, 0.717) is 18.2 Å². The van der Waals surface area contributed by atoms with Crippen LogP contribution in [0, 0.1) is 0 Å². The maximum Gasteiger partial charge on any atom is 0.232 e. The minimum absolute atomic E-state index is 0.267. The molecule has 0 unspecified atom stereocenters. The van der Waals surface area contributed by atoms with Crippen LogP contribution in [0.25, 0.3) is 0 Å². The number of hydrogen-bond donors (Lipinski definition) is 2. The second-order valence-electron chi connectivity index (χ2n) is 4.25. The quantitative estimate of drug-likeness (QED) is 0.826. The second-order valence-corrected chi connectivity index (χ2v) is 4.25. The summed E-state index contributed by atoms with van der Waals surface area (Å²) in [5.74, 6) is 2.05. The van der Waals surface area contributed by atoms with Gasteiger partial charge in [0, 0.05) is 19.5 Å². The molecule has 1 saturated heterocycles. The summed E-state index contributed by atoms with van der Waals surface area (Å²) in [5, 5.41) is 16.3. The maximum absolute atomic E-state index is 9.18. The lowest BCUT2D eigenvalue weighted by Crippen LogP contribution is -2.40. The van der Waals surface area contributed by atoms with E-state index in [9.17, 15) is 5.11 Å². The number of nitrogens with one attached hydrogen (secondary N) is 1. The van der Waals surface area contributed by atoms with Crippen molar-refractivity contribution in [2.24, 2.45) is 0 Å². The van der Waals surface area contributed by atoms with Crippen LogP contribution in [0.2, 0.25) is 0 Å². The number of nitrogens with zero attached hydrogens (tertiary/aromatic N) is 2. The maximum atomic E-state index is 9.18. The molecule has 1 aliphatic rings. The van der Waals surface area contributed by atoms with Gasteiger partial charge in [-0.05, 0) is 17.7 Å². The molecule has 0 bridgehead atoms. The first-order valence-electron chi connectivity index (χ1n) is 5.62. The van der Waals surface area contributed by atoms with E-state index in [1.165, 1.54) is 0 Å². The van der Waals surface area contributed by atoms with Crippen LogP contribution in [0.15, 0.2) is 28.8 Å². The third-order valence-corrected chi connectivity index (χ3v) is 2.91. The van der Waals surface area contributed by atoms with Crippen molar-refractivity contribution in [2.45, 2.75) is 12.3 Å². The van der Waals surface area contributed by atoms with Crippen LogP contribution in [0.4, 0.5) is 0 Å². The van der Waals surface area contributed by atoms with E-state index in [-0.39, 0.29) is 5.75 Å². The highest BCUT2D eigenvalue weighted by Crippen LogP contribution is 2.18. The summed E-state index contributed by atoms with van der Waals surface area (Å²) >= 11 is 0. The number of phenols is 1. The fraction of sp³-hybridized carbons (Fsp3) is 0.333. The number of phenolic OH excluding ortho intramolecular Hbond substituents is 1. The third kappa shape index (κ3) is 2.14. The van der Waals surface area contributed by atoms with E-state index < -0.39 is 0 Å². The zero-order valence-electron chi connectivity index (χ0n) is 9.26. The summed E-state index contributed by atoms with van der Waals surface area (Å²) in [7, 11) is 0. The molecular formula is C12H13N3O2. The van der Waals surface area contributed by atoms with Crippen molar-refractivity contribution >= 4 is 0 Å². The second kappa shape index (κ2) is 4.18. The fourth-order valence-electron chi connectivity index (χ4n) is 1.76. The van der Waals surface area contributed by atoms with Crippen LogP contribution in [0.1, 0.15) is 23.2 Å². The summed E-state index contributed by atoms with van der Waals surface area (Å²) < 4.78 is 5.21. The van der Waals surface area contributed by atoms with Crippen LogP contribution >= 0.6 is 0 Å². The Morgan fingerprint density at radius 1 is 1.29 bits per heavy atom. The first kappa shape index (κ1) is 10.3. The van der Waals surface area contributed by atoms with Crippen LogP contribution in [0.3, 0.4) is 0 Å². The highest BCUT2D eigenvalue weighted by atomic mass is 16.5. The van der Waals surface area contributed by atoms with Gasteiger partial charge in [-0.15, -0.1) is 0 Å². The first-order valence-corrected chi connectivity index (χ1v) is 5.62. The van der Waals surface area contributed by atoms with E-state index in [4.69, 9.17) is 4.52 Å². The number of benzene rings is 1. The number of aromatic hydroxyl groups is 1. The first-order chi connectivity index (χ1) is 8.31. The van der Waals surface area contributed by atoms with Gasteiger partial charge in [-0.3, -0.25) is 0 Å². The van der Waals surface area contributed by atoms with E-state index in [1.54, 1.807) is 12.1 Å². The van der Waals surface area contributed by atoms with Crippen molar-refractivity contribution in [3.8, 4) is 5.75 Å². The Kier molecular flexibility index (Phi) is 2.53. The lowest BCUT2D eigenvalue weighted by Gasteiger charge is -2.22. The van der Waals surface area contributed by atoms with Gasteiger partial charge in [0.15, 0.2) is 5.82 Å². The van der Waals surface area contributed by atoms with Crippen LogP contribution < -0.4 is 5.32 Å². The number of rotatable bonds is 3. The van der Waals surface area contributed by atoms with Crippen molar-refractivity contribution in [1.29, 1.82) is 0 Å². The standard InChI is InChI=1S/C12H13N3O2/c16-10-3-1-8(2-4-10)5-11-14-12(17-15-11)9-6-13-7-9/h1-4,9,13,16H,5-7H2. The van der Waals surface area contributed by atoms with Gasteiger partial charge in [-0.25, -0.2) is 0 Å². The van der Waals surface area contributed by atoms with Crippen molar-refractivity contribution < 1.29 is 9.63 Å². The normalized spacial score (nSPS) is 15.8. The monoisotopic (exact) mass is 231 g/mol. The lowest BCUT2D eigenvalue weighted by molar-refractivity contribution is 0.306. The van der Waals surface area contributed by atoms with E-state index >= 15 is 0 Å². The van der Waals surface area contributed by atoms with Gasteiger partial charge in [0.05, 0.1) is 5.92 Å². The van der Waals surface area contributed by atoms with E-state index in [1.807, 2.05) is 12.1 Å². The summed E-state index contributed by atoms with van der Waals surface area (Å²) in [6, 6.07) is 7.03. The summed E-state index contributed by atoms with van der Waals surface area (Å²) in [6.07, 6.45) is 0.629. The summed E-state index contributed by atoms with van der Waals surface area (Å²) in [6.45, 7) is 1.84. The molecule has 3 rings (SSSR count). The zero-order chi connectivity index (χ0) is 11.7. The van der Waals surface area contributed by atoms with Crippen molar-refractivity contribution in [3.05, 3.63) is 41.5 Å². The van der Waals surface area contributed by atoms with E-state index in [2.05, 4.69) is 15.5 Å². The van der Waals surface area contributed by atoms with Gasteiger partial charge in [-0.1, -0.05) is 17.3 Å². The molecular weight excluding hydrogens is 218 g/mol. The summed E-state index contributed by atoms with van der Waals surface area (Å²) in [4.78, 5) is 4.37. The molecule has 0 spiro atoms. The van der Waals surface area contributed by atoms with Gasteiger partial charge < -0.3 is 14.9 Å². The Bertz CT molecular complexity index is 503. The van der Waals surface area contributed by atoms with Crippen LogP contribution in [-0.4, -0.2) is 28.3 Å². The van der Waals surface area contributed by atoms with Gasteiger partial charge in [0.1, 0.15) is 5.75 Å². The predicted octanol–water partition coefficient (Wildman–Crippen LogP) is 1.05. The average Bonchev–Trinajstić information content (AvgIpc) is 2.67. The van der Waals surface area contributed by atoms with Crippen LogP contribution in [0.5, 0.6) is 5.75 Å². The molecule has 88 valence electrons. The SMILES string of the molecule is Oc1ccc(Cc2noc(C3CNC3)n2)cc1. The molecule has 1 fully saturated rings. The molecule has 1 aliphatic heterocycles. The molecule has 1 aromatic heterocycles. The zero-order valence-corrected chi connectivity index (χ0v) is 9.26. The molecule has 5 nitrogen and oxygen atoms in total. The minimum Gasteiger partial charge on any atom is -0.508 e. The Balaban J connectivity index is 1.72. The number of hydrogen-bond acceptors (Lipinski definition) is 5. The van der Waals surface area contributed by atoms with Crippen molar-refractivity contribution in [1.82, 2.24) is 15.5 Å². The molecule has 1 aromatic carbocycles. The Morgan fingerprint density at radius 3 is 2.71 bits per heavy atom. The average molecular weight is 231 g/mol. The smallest absolute Gasteiger partial charge is 0.232 e. The highest BCUT2D eigenvalue weighted by molar-refractivity contribution is 5.27. The molecule has 0 aliphatic carbocycles. The fourth-order valence-corrected chi connectivity index (χ4v) is 1.76. The molecule has 0 atom stereocenters. The molecule has 2 aromatic rings. The Labute approximate surface area is 98.5 Å². The van der Waals surface area contributed by atoms with Gasteiger partial charge in [0.25, 0.3) is 0 Å². The number of aromatic nitrogens is 2. The topological polar surface area (TPSA) is 71.2 Å². The molecule has 17 heavy (non-hydrogen) atoms. The molecule has 2 N–H and O–H groups in total. The third-order valence-electron chi connectivity index (χ3n) is 2.91. The molecule has 5 heteroatoms. The molecule has 0 saturated carbocycles. The van der Waals surface area contributed by atoms with Gasteiger partial charge in [0.2, 0.25) is 5.89 Å². The lowest BCUT2D eigenvalue weighted by atomic mass is 10.0. The summed E-state index contributed by atoms with van der Waals surface area (Å²) in [5.41, 5.74) is 1.06. The van der Waals surface area contributed by atoms with E-state index in [0.717, 1.165) is 24.5 Å². The largest absolute Gasteiger partial charge is 0.508 e. The molecule has 0 radical (unpaired) electrons. The van der Waals surface area contributed by atoms with Crippen molar-refractivity contribution in [2.75, 3.05) is 13.1 Å². The Morgan fingerprint density at radius 2 is 2.06 bits per heavy atom. The molecule has 0 amide bonds. The van der Waals surface area contributed by atoms with Gasteiger partial charge in [-0.2, -0.15) is 4.98 Å². The Hall–Kier alpha value is -1.88. The van der Waals surface area contributed by atoms with Crippen LogP contribution in [-0.2, 0) is 6.42 Å².